The van der Waals surface area contributed by atoms with Gasteiger partial charge in [-0.3, -0.25) is 14.4 Å². The van der Waals surface area contributed by atoms with Crippen LogP contribution in [0.5, 0.6) is 0 Å². The summed E-state index contributed by atoms with van der Waals surface area (Å²) in [5, 5.41) is 10.6. The summed E-state index contributed by atoms with van der Waals surface area (Å²) < 4.78 is 0. The molecule has 0 aromatic heterocycles. The van der Waals surface area contributed by atoms with Crippen molar-refractivity contribution in [2.75, 3.05) is 10.6 Å². The molecule has 220 valence electrons. The normalized spacial score (nSPS) is 11.9. The molecule has 5 aromatic rings. The molecule has 0 spiro atoms. The number of hydrogen-bond acceptors (Lipinski definition) is 4. The molecule has 0 radical (unpaired) electrons. The van der Waals surface area contributed by atoms with Gasteiger partial charge in [-0.25, -0.2) is 0 Å². The Kier molecular flexibility index (Phi) is 9.89. The minimum Gasteiger partial charge on any atom is -0.325 e. The fraction of sp³-hybridized carbons (Fsp3) is 0.108. The summed E-state index contributed by atoms with van der Waals surface area (Å²) >= 11 is 1.43. The highest BCUT2D eigenvalue weighted by molar-refractivity contribution is 8.00. The zero-order valence-electron chi connectivity index (χ0n) is 24.5. The molecule has 0 heterocycles. The number of carbonyl (C=O) groups is 3. The molecule has 5 rings (SSSR count). The van der Waals surface area contributed by atoms with Crippen molar-refractivity contribution in [2.24, 2.45) is 0 Å². The molecule has 0 fully saturated rings. The number of rotatable bonds is 10. The number of thioether (sulfide) groups is 1. The van der Waals surface area contributed by atoms with Crippen molar-refractivity contribution in [1.82, 2.24) is 5.32 Å². The van der Waals surface area contributed by atoms with Crippen molar-refractivity contribution in [3.63, 3.8) is 0 Å². The van der Waals surface area contributed by atoms with Crippen LogP contribution in [0.25, 0.3) is 16.8 Å². The fourth-order valence-corrected chi connectivity index (χ4v) is 5.68. The van der Waals surface area contributed by atoms with Crippen molar-refractivity contribution in [1.29, 1.82) is 0 Å². The van der Waals surface area contributed by atoms with Gasteiger partial charge in [0.1, 0.15) is 5.70 Å². The second kappa shape index (κ2) is 14.4. The van der Waals surface area contributed by atoms with E-state index in [1.54, 1.807) is 36.4 Å². The Morgan fingerprint density at radius 1 is 0.727 bits per heavy atom. The molecular weight excluding hydrogens is 566 g/mol. The van der Waals surface area contributed by atoms with E-state index in [2.05, 4.69) is 16.0 Å². The molecule has 1 atom stereocenters. The largest absolute Gasteiger partial charge is 0.325 e. The first kappa shape index (κ1) is 30.3. The molecule has 5 aromatic carbocycles. The SMILES string of the molecule is CCC(Sc1cccc(NC(=O)/C(=C/c2ccccc2C)NC(=O)c2ccccc2)c1)C(=O)Nc1ccc2ccccc2c1. The van der Waals surface area contributed by atoms with Crippen LogP contribution in [-0.4, -0.2) is 23.0 Å². The lowest BCUT2D eigenvalue weighted by atomic mass is 10.1. The molecule has 0 saturated heterocycles. The first-order valence-electron chi connectivity index (χ1n) is 14.4. The maximum Gasteiger partial charge on any atom is 0.272 e. The molecule has 0 aliphatic rings. The van der Waals surface area contributed by atoms with Gasteiger partial charge in [0, 0.05) is 21.8 Å². The predicted molar refractivity (Wildman–Crippen MR) is 181 cm³/mol. The van der Waals surface area contributed by atoms with Crippen molar-refractivity contribution in [3.8, 4) is 0 Å². The highest BCUT2D eigenvalue weighted by Crippen LogP contribution is 2.29. The van der Waals surface area contributed by atoms with Gasteiger partial charge in [0.25, 0.3) is 11.8 Å². The molecular formula is C37H33N3O3S. The molecule has 0 saturated carbocycles. The van der Waals surface area contributed by atoms with Crippen LogP contribution < -0.4 is 16.0 Å². The van der Waals surface area contributed by atoms with Crippen molar-refractivity contribution in [3.05, 3.63) is 144 Å². The summed E-state index contributed by atoms with van der Waals surface area (Å²) in [6, 6.07) is 37.7. The molecule has 6 nitrogen and oxygen atoms in total. The third kappa shape index (κ3) is 7.82. The van der Waals surface area contributed by atoms with E-state index in [4.69, 9.17) is 0 Å². The Morgan fingerprint density at radius 2 is 1.43 bits per heavy atom. The Morgan fingerprint density at radius 3 is 2.20 bits per heavy atom. The minimum absolute atomic E-state index is 0.0886. The molecule has 3 N–H and O–H groups in total. The van der Waals surface area contributed by atoms with Gasteiger partial charge in [-0.15, -0.1) is 11.8 Å². The maximum atomic E-state index is 13.5. The van der Waals surface area contributed by atoms with E-state index in [0.717, 1.165) is 32.5 Å². The average Bonchev–Trinajstić information content (AvgIpc) is 3.04. The first-order valence-corrected chi connectivity index (χ1v) is 15.3. The van der Waals surface area contributed by atoms with Gasteiger partial charge in [0.05, 0.1) is 5.25 Å². The lowest BCUT2D eigenvalue weighted by molar-refractivity contribution is -0.116. The summed E-state index contributed by atoms with van der Waals surface area (Å²) in [6.07, 6.45) is 2.30. The maximum absolute atomic E-state index is 13.5. The monoisotopic (exact) mass is 599 g/mol. The molecule has 44 heavy (non-hydrogen) atoms. The first-order chi connectivity index (χ1) is 21.4. The quantitative estimate of drug-likeness (QED) is 0.112. The molecule has 0 aliphatic carbocycles. The topological polar surface area (TPSA) is 87.3 Å². The van der Waals surface area contributed by atoms with E-state index in [-0.39, 0.29) is 22.8 Å². The second-order valence-electron chi connectivity index (χ2n) is 10.3. The number of anilines is 2. The van der Waals surface area contributed by atoms with Crippen molar-refractivity contribution < 1.29 is 14.4 Å². The van der Waals surface area contributed by atoms with Crippen LogP contribution in [0, 0.1) is 6.92 Å². The van der Waals surface area contributed by atoms with E-state index in [1.165, 1.54) is 11.8 Å². The van der Waals surface area contributed by atoms with Crippen LogP contribution in [0.1, 0.15) is 34.8 Å². The van der Waals surface area contributed by atoms with Crippen molar-refractivity contribution >= 4 is 57.7 Å². The van der Waals surface area contributed by atoms with Crippen LogP contribution in [0.2, 0.25) is 0 Å². The summed E-state index contributed by atoms with van der Waals surface area (Å²) in [7, 11) is 0. The lowest BCUT2D eigenvalue weighted by Gasteiger charge is -2.16. The van der Waals surface area contributed by atoms with E-state index in [1.807, 2.05) is 105 Å². The van der Waals surface area contributed by atoms with Crippen LogP contribution in [0.15, 0.2) is 132 Å². The minimum atomic E-state index is -0.458. The van der Waals surface area contributed by atoms with Gasteiger partial charge in [-0.2, -0.15) is 0 Å². The lowest BCUT2D eigenvalue weighted by Crippen LogP contribution is -2.30. The van der Waals surface area contributed by atoms with Crippen molar-refractivity contribution in [2.45, 2.75) is 30.4 Å². The average molecular weight is 600 g/mol. The van der Waals surface area contributed by atoms with Crippen LogP contribution in [-0.2, 0) is 9.59 Å². The van der Waals surface area contributed by atoms with Gasteiger partial charge in [0.15, 0.2) is 0 Å². The zero-order valence-corrected chi connectivity index (χ0v) is 25.4. The van der Waals surface area contributed by atoms with E-state index in [9.17, 15) is 14.4 Å². The summed E-state index contributed by atoms with van der Waals surface area (Å²) in [6.45, 7) is 3.92. The van der Waals surface area contributed by atoms with Crippen LogP contribution in [0.4, 0.5) is 11.4 Å². The number of nitrogens with one attached hydrogen (secondary N) is 3. The predicted octanol–water partition coefficient (Wildman–Crippen LogP) is 8.07. The fourth-order valence-electron chi connectivity index (χ4n) is 4.67. The number of carbonyl (C=O) groups excluding carboxylic acids is 3. The molecule has 1 unspecified atom stereocenters. The Hall–Kier alpha value is -5.14. The highest BCUT2D eigenvalue weighted by Gasteiger charge is 2.20. The second-order valence-corrected chi connectivity index (χ2v) is 11.6. The third-order valence-corrected chi connectivity index (χ3v) is 8.43. The molecule has 7 heteroatoms. The molecule has 0 aliphatic heterocycles. The number of amides is 3. The number of hydrogen-bond donors (Lipinski definition) is 3. The third-order valence-electron chi connectivity index (χ3n) is 7.07. The van der Waals surface area contributed by atoms with E-state index >= 15 is 0 Å². The summed E-state index contributed by atoms with van der Waals surface area (Å²) in [5.41, 5.74) is 3.65. The van der Waals surface area contributed by atoms with Crippen LogP contribution in [0.3, 0.4) is 0 Å². The zero-order chi connectivity index (χ0) is 30.9. The van der Waals surface area contributed by atoms with Gasteiger partial charge < -0.3 is 16.0 Å². The summed E-state index contributed by atoms with van der Waals surface area (Å²) in [4.78, 5) is 40.5. The number of benzene rings is 5. The van der Waals surface area contributed by atoms with Gasteiger partial charge in [-0.05, 0) is 83.8 Å². The van der Waals surface area contributed by atoms with Crippen LogP contribution >= 0.6 is 11.8 Å². The Bertz CT molecular complexity index is 1830. The highest BCUT2D eigenvalue weighted by atomic mass is 32.2. The van der Waals surface area contributed by atoms with E-state index in [0.29, 0.717) is 17.7 Å². The number of aryl methyl sites for hydroxylation is 1. The van der Waals surface area contributed by atoms with Gasteiger partial charge in [0.2, 0.25) is 5.91 Å². The smallest absolute Gasteiger partial charge is 0.272 e. The van der Waals surface area contributed by atoms with Gasteiger partial charge in [-0.1, -0.05) is 85.8 Å². The molecule has 3 amide bonds. The Balaban J connectivity index is 1.30. The Labute approximate surface area is 261 Å². The summed E-state index contributed by atoms with van der Waals surface area (Å²) in [5.74, 6) is -0.928. The van der Waals surface area contributed by atoms with Gasteiger partial charge >= 0.3 is 0 Å². The standard InChI is InChI=1S/C37H33N3O3S/c1-3-34(37(43)39-31-21-20-26-13-9-10-17-29(26)22-31)44-32-19-11-18-30(24-32)38-36(42)33(23-28-16-8-7-12-25(28)2)40-35(41)27-14-5-4-6-15-27/h4-24,34H,3H2,1-2H3,(H,38,42)(H,39,43)(H,40,41)/b33-23-. The molecule has 0 bridgehead atoms. The number of fused-ring (bicyclic) bond motifs is 1. The van der Waals surface area contributed by atoms with E-state index < -0.39 is 5.91 Å².